The average Bonchev–Trinajstić information content (AvgIpc) is 2.93. The van der Waals surface area contributed by atoms with Gasteiger partial charge in [0, 0.05) is 18.5 Å². The van der Waals surface area contributed by atoms with Crippen molar-refractivity contribution in [2.24, 2.45) is 0 Å². The molecule has 0 aliphatic heterocycles. The smallest absolute Gasteiger partial charge is 0.0638 e. The van der Waals surface area contributed by atoms with Gasteiger partial charge in [0.1, 0.15) is 0 Å². The molecule has 0 radical (unpaired) electrons. The van der Waals surface area contributed by atoms with E-state index in [4.69, 9.17) is 4.74 Å². The van der Waals surface area contributed by atoms with Gasteiger partial charge in [-0.1, -0.05) is 30.3 Å². The lowest BCUT2D eigenvalue weighted by atomic mass is 10.1. The molecule has 2 rings (SSSR count). The summed E-state index contributed by atoms with van der Waals surface area (Å²) in [4.78, 5) is 1.26. The summed E-state index contributed by atoms with van der Waals surface area (Å²) < 4.78 is 5.04. The molecule has 0 bridgehead atoms. The van der Waals surface area contributed by atoms with E-state index in [1.807, 2.05) is 18.2 Å². The van der Waals surface area contributed by atoms with Gasteiger partial charge in [-0.25, -0.2) is 0 Å². The van der Waals surface area contributed by atoms with E-state index in [9.17, 15) is 5.11 Å². The summed E-state index contributed by atoms with van der Waals surface area (Å²) in [7, 11) is 1.64. The Morgan fingerprint density at radius 1 is 1.26 bits per heavy atom. The number of hydrogen-bond donors (Lipinski definition) is 2. The third-order valence-electron chi connectivity index (χ3n) is 2.91. The molecule has 0 fully saturated rings. The van der Waals surface area contributed by atoms with Gasteiger partial charge in [0.2, 0.25) is 0 Å². The summed E-state index contributed by atoms with van der Waals surface area (Å²) >= 11 is 1.73. The van der Waals surface area contributed by atoms with Crippen LogP contribution in [0.15, 0.2) is 41.8 Å². The zero-order valence-corrected chi connectivity index (χ0v) is 11.8. The van der Waals surface area contributed by atoms with Gasteiger partial charge in [-0.15, -0.1) is 11.3 Å². The molecule has 1 unspecified atom stereocenters. The Hall–Kier alpha value is -1.20. The van der Waals surface area contributed by atoms with Crippen molar-refractivity contribution >= 4 is 11.3 Å². The lowest BCUT2D eigenvalue weighted by Gasteiger charge is -2.14. The molecule has 4 heteroatoms. The summed E-state index contributed by atoms with van der Waals surface area (Å²) in [6.07, 6.45) is 0. The largest absolute Gasteiger partial charge is 0.395 e. The highest BCUT2D eigenvalue weighted by Crippen LogP contribution is 2.25. The molecule has 1 aromatic carbocycles. The Morgan fingerprint density at radius 3 is 2.74 bits per heavy atom. The number of methoxy groups -OCH3 is 1. The Bertz CT molecular complexity index is 484. The molecule has 0 aliphatic rings. The zero-order chi connectivity index (χ0) is 13.5. The number of thiophene rings is 1. The molecule has 3 nitrogen and oxygen atoms in total. The van der Waals surface area contributed by atoms with Crippen LogP contribution < -0.4 is 5.32 Å². The Balaban J connectivity index is 1.94. The van der Waals surface area contributed by atoms with Crippen LogP contribution in [0.1, 0.15) is 4.88 Å². The SMILES string of the molecule is COCC(CO)NCc1cc(-c2ccccc2)cs1. The molecule has 0 saturated carbocycles. The van der Waals surface area contributed by atoms with Crippen molar-refractivity contribution in [3.63, 3.8) is 0 Å². The predicted molar refractivity (Wildman–Crippen MR) is 79.3 cm³/mol. The fourth-order valence-electron chi connectivity index (χ4n) is 1.88. The fraction of sp³-hybridized carbons (Fsp3) is 0.333. The number of nitrogens with one attached hydrogen (secondary N) is 1. The Labute approximate surface area is 117 Å². The molecule has 102 valence electrons. The van der Waals surface area contributed by atoms with Crippen LogP contribution in [0.5, 0.6) is 0 Å². The van der Waals surface area contributed by atoms with Crippen molar-refractivity contribution in [1.29, 1.82) is 0 Å². The third-order valence-corrected chi connectivity index (χ3v) is 3.85. The molecule has 0 aliphatic carbocycles. The number of ether oxygens (including phenoxy) is 1. The molecule has 0 saturated heterocycles. The lowest BCUT2D eigenvalue weighted by Crippen LogP contribution is -2.35. The molecule has 0 amide bonds. The maximum atomic E-state index is 9.18. The van der Waals surface area contributed by atoms with Gasteiger partial charge in [0.25, 0.3) is 0 Å². The molecule has 19 heavy (non-hydrogen) atoms. The normalized spacial score (nSPS) is 12.5. The number of rotatable bonds is 7. The van der Waals surface area contributed by atoms with Crippen molar-refractivity contribution in [2.45, 2.75) is 12.6 Å². The van der Waals surface area contributed by atoms with Crippen LogP contribution in [0.3, 0.4) is 0 Å². The summed E-state index contributed by atoms with van der Waals surface area (Å²) in [6.45, 7) is 1.37. The van der Waals surface area contributed by atoms with Gasteiger partial charge in [-0.2, -0.15) is 0 Å². The second kappa shape index (κ2) is 7.40. The standard InChI is InChI=1S/C15H19NO2S/c1-18-10-14(9-17)16-8-15-7-13(11-19-15)12-5-3-2-4-6-12/h2-7,11,14,16-17H,8-10H2,1H3. The van der Waals surface area contributed by atoms with E-state index in [1.165, 1.54) is 16.0 Å². The van der Waals surface area contributed by atoms with Gasteiger partial charge in [0.05, 0.1) is 19.3 Å². The highest BCUT2D eigenvalue weighted by atomic mass is 32.1. The monoisotopic (exact) mass is 277 g/mol. The van der Waals surface area contributed by atoms with Crippen molar-refractivity contribution in [1.82, 2.24) is 5.32 Å². The molecule has 1 heterocycles. The minimum absolute atomic E-state index is 0.00715. The average molecular weight is 277 g/mol. The van der Waals surface area contributed by atoms with Crippen LogP contribution in [0, 0.1) is 0 Å². The van der Waals surface area contributed by atoms with E-state index >= 15 is 0 Å². The molecule has 2 N–H and O–H groups in total. The number of aliphatic hydroxyl groups excluding tert-OH is 1. The lowest BCUT2D eigenvalue weighted by molar-refractivity contribution is 0.128. The van der Waals surface area contributed by atoms with E-state index in [-0.39, 0.29) is 12.6 Å². The van der Waals surface area contributed by atoms with Crippen molar-refractivity contribution in [3.8, 4) is 11.1 Å². The summed E-state index contributed by atoms with van der Waals surface area (Å²) in [5.41, 5.74) is 2.48. The first kappa shape index (κ1) is 14.2. The summed E-state index contributed by atoms with van der Waals surface area (Å²) in [5.74, 6) is 0. The molecule has 1 aromatic heterocycles. The maximum absolute atomic E-state index is 9.18. The topological polar surface area (TPSA) is 41.5 Å². The van der Waals surface area contributed by atoms with Gasteiger partial charge in [0.15, 0.2) is 0 Å². The van der Waals surface area contributed by atoms with Crippen LogP contribution in [0.4, 0.5) is 0 Å². The quantitative estimate of drug-likeness (QED) is 0.817. The van der Waals surface area contributed by atoms with E-state index in [0.29, 0.717) is 6.61 Å². The van der Waals surface area contributed by atoms with E-state index in [1.54, 1.807) is 18.4 Å². The molecule has 2 aromatic rings. The highest BCUT2D eigenvalue weighted by molar-refractivity contribution is 7.10. The molecule has 1 atom stereocenters. The van der Waals surface area contributed by atoms with E-state index in [2.05, 4.69) is 28.9 Å². The Kier molecular flexibility index (Phi) is 5.54. The van der Waals surface area contributed by atoms with Crippen molar-refractivity contribution in [3.05, 3.63) is 46.7 Å². The van der Waals surface area contributed by atoms with Gasteiger partial charge in [-0.3, -0.25) is 0 Å². The summed E-state index contributed by atoms with van der Waals surface area (Å²) in [6, 6.07) is 12.5. The number of hydrogen-bond acceptors (Lipinski definition) is 4. The van der Waals surface area contributed by atoms with Gasteiger partial charge >= 0.3 is 0 Å². The van der Waals surface area contributed by atoms with Gasteiger partial charge in [-0.05, 0) is 22.6 Å². The van der Waals surface area contributed by atoms with Crippen molar-refractivity contribution < 1.29 is 9.84 Å². The number of aliphatic hydroxyl groups is 1. The predicted octanol–water partition coefficient (Wildman–Crippen LogP) is 2.51. The molecular formula is C15H19NO2S. The zero-order valence-electron chi connectivity index (χ0n) is 11.0. The van der Waals surface area contributed by atoms with Crippen LogP contribution in [-0.2, 0) is 11.3 Å². The third kappa shape index (κ3) is 4.14. The highest BCUT2D eigenvalue weighted by Gasteiger charge is 2.07. The first-order valence-electron chi connectivity index (χ1n) is 6.29. The minimum Gasteiger partial charge on any atom is -0.395 e. The van der Waals surface area contributed by atoms with E-state index < -0.39 is 0 Å². The van der Waals surface area contributed by atoms with Crippen molar-refractivity contribution in [2.75, 3.05) is 20.3 Å². The van der Waals surface area contributed by atoms with Crippen LogP contribution in [0.2, 0.25) is 0 Å². The molecular weight excluding hydrogens is 258 g/mol. The van der Waals surface area contributed by atoms with Crippen LogP contribution >= 0.6 is 11.3 Å². The molecule has 0 spiro atoms. The van der Waals surface area contributed by atoms with Gasteiger partial charge < -0.3 is 15.2 Å². The Morgan fingerprint density at radius 2 is 2.05 bits per heavy atom. The number of benzene rings is 1. The van der Waals surface area contributed by atoms with Crippen LogP contribution in [0.25, 0.3) is 11.1 Å². The maximum Gasteiger partial charge on any atom is 0.0638 e. The second-order valence-electron chi connectivity index (χ2n) is 4.38. The fourth-order valence-corrected chi connectivity index (χ4v) is 2.72. The van der Waals surface area contributed by atoms with E-state index in [0.717, 1.165) is 6.54 Å². The minimum atomic E-state index is -0.00715. The first-order chi connectivity index (χ1) is 9.33. The first-order valence-corrected chi connectivity index (χ1v) is 7.17. The second-order valence-corrected chi connectivity index (χ2v) is 5.38. The summed E-state index contributed by atoms with van der Waals surface area (Å²) in [5, 5.41) is 14.6. The van der Waals surface area contributed by atoms with Crippen LogP contribution in [-0.4, -0.2) is 31.5 Å².